The maximum absolute atomic E-state index is 10.9. The minimum Gasteiger partial charge on any atom is -0.463 e. The molecule has 23 heavy (non-hydrogen) atoms. The SMILES string of the molecule is CC(=O)OC[C@H]1O[C@@H](n2cnc3c(Cl)nc(N)nc32)[C@H](O)[C@@H]1O. The molecule has 10 nitrogen and oxygen atoms in total. The number of carbonyl (C=O) groups is 1. The first-order valence-corrected chi connectivity index (χ1v) is 7.06. The molecule has 4 atom stereocenters. The standard InChI is InChI=1S/C12H14ClN5O5/c1-4(19)22-2-5-7(20)8(21)11(23-5)18-3-15-6-9(13)16-12(14)17-10(6)18/h3,5,7-8,11,20-21H,2H2,1H3,(H2,14,16,17)/t5-,7-,8-,11-/m1/s1. The number of aliphatic hydroxyl groups excluding tert-OH is 2. The number of nitrogen functional groups attached to an aromatic ring is 1. The second kappa shape index (κ2) is 5.89. The van der Waals surface area contributed by atoms with Crippen LogP contribution in [-0.4, -0.2) is 60.6 Å². The van der Waals surface area contributed by atoms with Crippen molar-refractivity contribution in [3.05, 3.63) is 11.5 Å². The van der Waals surface area contributed by atoms with Crippen LogP contribution in [0, 0.1) is 0 Å². The first-order chi connectivity index (χ1) is 10.9. The van der Waals surface area contributed by atoms with Crippen molar-refractivity contribution in [2.75, 3.05) is 12.3 Å². The zero-order valence-electron chi connectivity index (χ0n) is 12.0. The number of aliphatic hydroxyl groups is 2. The molecular weight excluding hydrogens is 330 g/mol. The Hall–Kier alpha value is -2.01. The normalized spacial score (nSPS) is 27.5. The number of anilines is 1. The molecule has 1 aliphatic rings. The smallest absolute Gasteiger partial charge is 0.302 e. The molecule has 3 heterocycles. The Morgan fingerprint density at radius 3 is 2.91 bits per heavy atom. The van der Waals surface area contributed by atoms with E-state index in [2.05, 4.69) is 15.0 Å². The van der Waals surface area contributed by atoms with Crippen molar-refractivity contribution in [3.8, 4) is 0 Å². The lowest BCUT2D eigenvalue weighted by Crippen LogP contribution is -2.34. The lowest BCUT2D eigenvalue weighted by molar-refractivity contribution is -0.147. The van der Waals surface area contributed by atoms with Crippen molar-refractivity contribution >= 4 is 34.7 Å². The van der Waals surface area contributed by atoms with Gasteiger partial charge in [0.05, 0.1) is 6.33 Å². The molecule has 4 N–H and O–H groups in total. The molecule has 0 radical (unpaired) electrons. The van der Waals surface area contributed by atoms with Gasteiger partial charge in [-0.2, -0.15) is 9.97 Å². The van der Waals surface area contributed by atoms with E-state index >= 15 is 0 Å². The van der Waals surface area contributed by atoms with Gasteiger partial charge in [0, 0.05) is 6.92 Å². The molecule has 3 rings (SSSR count). The number of rotatable bonds is 3. The van der Waals surface area contributed by atoms with E-state index in [4.69, 9.17) is 26.8 Å². The Kier molecular flexibility index (Phi) is 4.06. The third-order valence-electron chi connectivity index (χ3n) is 3.46. The van der Waals surface area contributed by atoms with Crippen LogP contribution in [0.2, 0.25) is 5.15 Å². The van der Waals surface area contributed by atoms with Crippen molar-refractivity contribution < 1.29 is 24.5 Å². The molecule has 0 spiro atoms. The molecule has 11 heteroatoms. The van der Waals surface area contributed by atoms with E-state index in [1.165, 1.54) is 17.8 Å². The van der Waals surface area contributed by atoms with Crippen LogP contribution in [0.15, 0.2) is 6.33 Å². The van der Waals surface area contributed by atoms with Crippen LogP contribution < -0.4 is 5.73 Å². The Morgan fingerprint density at radius 2 is 2.22 bits per heavy atom. The van der Waals surface area contributed by atoms with E-state index in [1.807, 2.05) is 0 Å². The molecule has 2 aromatic heterocycles. The summed E-state index contributed by atoms with van der Waals surface area (Å²) in [5.41, 5.74) is 6.11. The lowest BCUT2D eigenvalue weighted by Gasteiger charge is -2.16. The van der Waals surface area contributed by atoms with Crippen molar-refractivity contribution in [2.24, 2.45) is 0 Å². The van der Waals surface area contributed by atoms with Crippen LogP contribution in [0.1, 0.15) is 13.2 Å². The zero-order valence-corrected chi connectivity index (χ0v) is 12.7. The minimum absolute atomic E-state index is 0.0613. The molecule has 0 saturated carbocycles. The predicted molar refractivity (Wildman–Crippen MR) is 77.3 cm³/mol. The number of nitrogens with two attached hydrogens (primary N) is 1. The second-order valence-electron chi connectivity index (χ2n) is 5.05. The summed E-state index contributed by atoms with van der Waals surface area (Å²) in [5, 5.41) is 20.3. The Morgan fingerprint density at radius 1 is 1.48 bits per heavy atom. The third kappa shape index (κ3) is 2.81. The number of imidazole rings is 1. The Labute approximate surface area is 134 Å². The van der Waals surface area contributed by atoms with Gasteiger partial charge in [-0.3, -0.25) is 9.36 Å². The van der Waals surface area contributed by atoms with Crippen LogP contribution in [0.5, 0.6) is 0 Å². The fourth-order valence-corrected chi connectivity index (χ4v) is 2.60. The van der Waals surface area contributed by atoms with Gasteiger partial charge in [0.15, 0.2) is 17.0 Å². The number of aromatic nitrogens is 4. The van der Waals surface area contributed by atoms with Crippen molar-refractivity contribution in [2.45, 2.75) is 31.5 Å². The number of ether oxygens (including phenoxy) is 2. The quantitative estimate of drug-likeness (QED) is 0.483. The van der Waals surface area contributed by atoms with Crippen LogP contribution in [0.25, 0.3) is 11.2 Å². The molecule has 0 unspecified atom stereocenters. The molecule has 1 aliphatic heterocycles. The van der Waals surface area contributed by atoms with Crippen molar-refractivity contribution in [1.82, 2.24) is 19.5 Å². The number of carbonyl (C=O) groups excluding carboxylic acids is 1. The van der Waals surface area contributed by atoms with Crippen LogP contribution in [0.4, 0.5) is 5.95 Å². The number of halogens is 1. The fraction of sp³-hybridized carbons (Fsp3) is 0.500. The maximum Gasteiger partial charge on any atom is 0.302 e. The first-order valence-electron chi connectivity index (χ1n) is 6.69. The first kappa shape index (κ1) is 15.9. The van der Waals surface area contributed by atoms with Gasteiger partial charge < -0.3 is 25.4 Å². The van der Waals surface area contributed by atoms with Gasteiger partial charge in [0.1, 0.15) is 30.4 Å². The van der Waals surface area contributed by atoms with Gasteiger partial charge in [-0.1, -0.05) is 11.6 Å². The average molecular weight is 344 g/mol. The van der Waals surface area contributed by atoms with Gasteiger partial charge in [0.25, 0.3) is 0 Å². The minimum atomic E-state index is -1.28. The highest BCUT2D eigenvalue weighted by Crippen LogP contribution is 2.32. The Bertz CT molecular complexity index is 753. The Balaban J connectivity index is 1.91. The molecule has 124 valence electrons. The van der Waals surface area contributed by atoms with E-state index in [0.29, 0.717) is 0 Å². The molecule has 0 bridgehead atoms. The number of hydrogen-bond donors (Lipinski definition) is 3. The van der Waals surface area contributed by atoms with Gasteiger partial charge in [-0.15, -0.1) is 0 Å². The van der Waals surface area contributed by atoms with E-state index in [-0.39, 0.29) is 28.9 Å². The summed E-state index contributed by atoms with van der Waals surface area (Å²) >= 11 is 5.94. The summed E-state index contributed by atoms with van der Waals surface area (Å²) in [6.07, 6.45) is -3.04. The maximum atomic E-state index is 10.9. The summed E-state index contributed by atoms with van der Waals surface area (Å²) in [7, 11) is 0. The number of nitrogens with zero attached hydrogens (tertiary/aromatic N) is 4. The number of esters is 1. The summed E-state index contributed by atoms with van der Waals surface area (Å²) in [6, 6.07) is 0. The van der Waals surface area contributed by atoms with E-state index in [9.17, 15) is 15.0 Å². The topological polar surface area (TPSA) is 146 Å². The largest absolute Gasteiger partial charge is 0.463 e. The highest BCUT2D eigenvalue weighted by atomic mass is 35.5. The number of hydrogen-bond acceptors (Lipinski definition) is 9. The molecule has 0 aromatic carbocycles. The number of fused-ring (bicyclic) bond motifs is 1. The molecule has 1 fully saturated rings. The van der Waals surface area contributed by atoms with Crippen molar-refractivity contribution in [1.29, 1.82) is 0 Å². The molecule has 0 amide bonds. The van der Waals surface area contributed by atoms with Crippen LogP contribution >= 0.6 is 11.6 Å². The lowest BCUT2D eigenvalue weighted by atomic mass is 10.1. The summed E-state index contributed by atoms with van der Waals surface area (Å²) in [6.45, 7) is 1.05. The average Bonchev–Trinajstić information content (AvgIpc) is 3.00. The summed E-state index contributed by atoms with van der Waals surface area (Å²) < 4.78 is 11.8. The second-order valence-corrected chi connectivity index (χ2v) is 5.40. The zero-order chi connectivity index (χ0) is 16.7. The highest BCUT2D eigenvalue weighted by molar-refractivity contribution is 6.33. The van der Waals surface area contributed by atoms with Crippen LogP contribution in [-0.2, 0) is 14.3 Å². The van der Waals surface area contributed by atoms with E-state index in [0.717, 1.165) is 0 Å². The van der Waals surface area contributed by atoms with E-state index < -0.39 is 30.5 Å². The van der Waals surface area contributed by atoms with Gasteiger partial charge in [-0.25, -0.2) is 4.98 Å². The molecule has 2 aromatic rings. The molecule has 1 saturated heterocycles. The molecular formula is C12H14ClN5O5. The summed E-state index contributed by atoms with van der Waals surface area (Å²) in [4.78, 5) is 22.7. The van der Waals surface area contributed by atoms with Gasteiger partial charge >= 0.3 is 5.97 Å². The fourth-order valence-electron chi connectivity index (χ4n) is 2.38. The predicted octanol–water partition coefficient (Wildman–Crippen LogP) is -0.756. The molecule has 0 aliphatic carbocycles. The summed E-state index contributed by atoms with van der Waals surface area (Å²) in [5.74, 6) is -0.576. The van der Waals surface area contributed by atoms with Crippen molar-refractivity contribution in [3.63, 3.8) is 0 Å². The monoisotopic (exact) mass is 343 g/mol. The van der Waals surface area contributed by atoms with Gasteiger partial charge in [0.2, 0.25) is 5.95 Å². The van der Waals surface area contributed by atoms with Crippen LogP contribution in [0.3, 0.4) is 0 Å². The van der Waals surface area contributed by atoms with Gasteiger partial charge in [-0.05, 0) is 0 Å². The highest BCUT2D eigenvalue weighted by Gasteiger charge is 2.44. The van der Waals surface area contributed by atoms with E-state index in [1.54, 1.807) is 0 Å². The third-order valence-corrected chi connectivity index (χ3v) is 3.72.